The third-order valence-electron chi connectivity index (χ3n) is 6.38. The fourth-order valence-corrected chi connectivity index (χ4v) is 4.19. The van der Waals surface area contributed by atoms with Gasteiger partial charge in [-0.25, -0.2) is 4.98 Å². The zero-order valence-electron chi connectivity index (χ0n) is 21.7. The molecule has 0 radical (unpaired) electrons. The number of ether oxygens (including phenoxy) is 1. The topological polar surface area (TPSA) is 118 Å². The standard InChI is InChI=1S/C28H32N8O2/c1-4-26(37)32-25-16-22(36-13-11-35(5-2)12-14-36)9-10-24(25)33-28-31-19-21(17-29)27(34-28)30-18-20-7-6-8-23(15-20)38-3/h4,6-10,15-16,19H,1,5,11-14,18H2,2-3H3,(H,32,37)(H2,30,31,33,34). The second-order valence-corrected chi connectivity index (χ2v) is 8.74. The van der Waals surface area contributed by atoms with Gasteiger partial charge in [-0.3, -0.25) is 4.79 Å². The Balaban J connectivity index is 1.55. The Kier molecular flexibility index (Phi) is 8.74. The molecule has 1 aliphatic heterocycles. The number of carbonyl (C=O) groups excluding carboxylic acids is 1. The van der Waals surface area contributed by atoms with E-state index in [4.69, 9.17) is 4.74 Å². The molecule has 1 aliphatic rings. The van der Waals surface area contributed by atoms with Crippen molar-refractivity contribution in [3.05, 3.63) is 72.4 Å². The molecule has 4 rings (SSSR count). The molecule has 0 spiro atoms. The normalized spacial score (nSPS) is 13.3. The van der Waals surface area contributed by atoms with Crippen LogP contribution in [0.25, 0.3) is 0 Å². The van der Waals surface area contributed by atoms with Crippen molar-refractivity contribution in [2.75, 3.05) is 60.7 Å². The van der Waals surface area contributed by atoms with Gasteiger partial charge in [0.1, 0.15) is 23.2 Å². The predicted octanol–water partition coefficient (Wildman–Crippen LogP) is 3.98. The third kappa shape index (κ3) is 6.57. The van der Waals surface area contributed by atoms with E-state index in [0.29, 0.717) is 29.3 Å². The molecule has 3 N–H and O–H groups in total. The van der Waals surface area contributed by atoms with Gasteiger partial charge in [0.25, 0.3) is 0 Å². The highest BCUT2D eigenvalue weighted by molar-refractivity contribution is 6.02. The van der Waals surface area contributed by atoms with Crippen molar-refractivity contribution in [2.24, 2.45) is 0 Å². The molecule has 1 aromatic heterocycles. The smallest absolute Gasteiger partial charge is 0.247 e. The third-order valence-corrected chi connectivity index (χ3v) is 6.38. The molecular formula is C28H32N8O2. The van der Waals surface area contributed by atoms with Crippen LogP contribution in [0.3, 0.4) is 0 Å². The molecule has 0 unspecified atom stereocenters. The van der Waals surface area contributed by atoms with Gasteiger partial charge in [0.2, 0.25) is 11.9 Å². The van der Waals surface area contributed by atoms with Crippen LogP contribution < -0.4 is 25.6 Å². The number of nitrogens with zero attached hydrogens (tertiary/aromatic N) is 5. The number of anilines is 5. The first-order chi connectivity index (χ1) is 18.5. The molecule has 38 heavy (non-hydrogen) atoms. The summed E-state index contributed by atoms with van der Waals surface area (Å²) in [6.45, 7) is 11.0. The number of aromatic nitrogens is 2. The molecule has 1 amide bonds. The number of piperazine rings is 1. The number of benzene rings is 2. The lowest BCUT2D eigenvalue weighted by Gasteiger charge is -2.35. The van der Waals surface area contributed by atoms with Crippen molar-refractivity contribution in [2.45, 2.75) is 13.5 Å². The van der Waals surface area contributed by atoms with E-state index in [9.17, 15) is 10.1 Å². The van der Waals surface area contributed by atoms with Crippen molar-refractivity contribution in [3.63, 3.8) is 0 Å². The predicted molar refractivity (Wildman–Crippen MR) is 150 cm³/mol. The van der Waals surface area contributed by atoms with Crippen LogP contribution in [-0.2, 0) is 11.3 Å². The van der Waals surface area contributed by atoms with Gasteiger partial charge in [-0.2, -0.15) is 10.2 Å². The summed E-state index contributed by atoms with van der Waals surface area (Å²) in [6.07, 6.45) is 2.70. The summed E-state index contributed by atoms with van der Waals surface area (Å²) in [6, 6.07) is 15.6. The number of methoxy groups -OCH3 is 1. The Morgan fingerprint density at radius 2 is 2.00 bits per heavy atom. The van der Waals surface area contributed by atoms with E-state index < -0.39 is 0 Å². The Morgan fingerprint density at radius 1 is 1.18 bits per heavy atom. The number of nitrogens with one attached hydrogen (secondary N) is 3. The van der Waals surface area contributed by atoms with Gasteiger partial charge in [0.05, 0.1) is 24.7 Å². The SMILES string of the molecule is C=CC(=O)Nc1cc(N2CCN(CC)CC2)ccc1Nc1ncc(C#N)c(NCc2cccc(OC)c2)n1. The van der Waals surface area contributed by atoms with E-state index in [-0.39, 0.29) is 11.9 Å². The Morgan fingerprint density at radius 3 is 2.71 bits per heavy atom. The molecule has 2 aromatic carbocycles. The summed E-state index contributed by atoms with van der Waals surface area (Å²) < 4.78 is 5.28. The minimum absolute atomic E-state index is 0.288. The number of likely N-dealkylation sites (N-methyl/N-ethyl adjacent to an activating group) is 1. The Hall–Kier alpha value is -4.62. The van der Waals surface area contributed by atoms with E-state index in [1.54, 1.807) is 7.11 Å². The monoisotopic (exact) mass is 512 g/mol. The number of carbonyl (C=O) groups is 1. The van der Waals surface area contributed by atoms with Crippen LogP contribution in [0, 0.1) is 11.3 Å². The van der Waals surface area contributed by atoms with E-state index in [1.807, 2.05) is 42.5 Å². The van der Waals surface area contributed by atoms with Crippen LogP contribution in [0.5, 0.6) is 5.75 Å². The maximum atomic E-state index is 12.2. The van der Waals surface area contributed by atoms with E-state index in [1.165, 1.54) is 12.3 Å². The van der Waals surface area contributed by atoms with Crippen molar-refractivity contribution >= 4 is 34.7 Å². The van der Waals surface area contributed by atoms with Gasteiger partial charge in [-0.1, -0.05) is 25.6 Å². The first-order valence-corrected chi connectivity index (χ1v) is 12.5. The van der Waals surface area contributed by atoms with Crippen molar-refractivity contribution < 1.29 is 9.53 Å². The highest BCUT2D eigenvalue weighted by Crippen LogP contribution is 2.31. The van der Waals surface area contributed by atoms with Gasteiger partial charge < -0.3 is 30.5 Å². The van der Waals surface area contributed by atoms with Gasteiger partial charge in [-0.15, -0.1) is 0 Å². The maximum Gasteiger partial charge on any atom is 0.247 e. The molecule has 0 atom stereocenters. The van der Waals surface area contributed by atoms with Crippen LogP contribution in [-0.4, -0.2) is 60.6 Å². The number of rotatable bonds is 10. The quantitative estimate of drug-likeness (QED) is 0.347. The average molecular weight is 513 g/mol. The molecule has 1 saturated heterocycles. The minimum atomic E-state index is -0.317. The summed E-state index contributed by atoms with van der Waals surface area (Å²) in [4.78, 5) is 25.7. The fourth-order valence-electron chi connectivity index (χ4n) is 4.19. The van der Waals surface area contributed by atoms with E-state index in [2.05, 4.69) is 55.3 Å². The highest BCUT2D eigenvalue weighted by atomic mass is 16.5. The van der Waals surface area contributed by atoms with Crippen molar-refractivity contribution in [1.82, 2.24) is 14.9 Å². The zero-order chi connectivity index (χ0) is 26.9. The molecule has 10 nitrogen and oxygen atoms in total. The lowest BCUT2D eigenvalue weighted by Crippen LogP contribution is -2.46. The molecule has 3 aromatic rings. The molecule has 0 bridgehead atoms. The summed E-state index contributed by atoms with van der Waals surface area (Å²) in [5.41, 5.74) is 3.53. The second-order valence-electron chi connectivity index (χ2n) is 8.74. The molecule has 196 valence electrons. The fraction of sp³-hybridized carbons (Fsp3) is 0.286. The van der Waals surface area contributed by atoms with E-state index >= 15 is 0 Å². The number of amides is 1. The zero-order valence-corrected chi connectivity index (χ0v) is 21.7. The second kappa shape index (κ2) is 12.6. The molecule has 1 fully saturated rings. The summed E-state index contributed by atoms with van der Waals surface area (Å²) in [5.74, 6) is 1.12. The van der Waals surface area contributed by atoms with Crippen molar-refractivity contribution in [1.29, 1.82) is 5.26 Å². The lowest BCUT2D eigenvalue weighted by atomic mass is 10.2. The largest absolute Gasteiger partial charge is 0.497 e. The van der Waals surface area contributed by atoms with E-state index in [0.717, 1.165) is 49.7 Å². The van der Waals surface area contributed by atoms with Crippen LogP contribution in [0.4, 0.5) is 28.8 Å². The molecule has 2 heterocycles. The lowest BCUT2D eigenvalue weighted by molar-refractivity contribution is -0.111. The summed E-state index contributed by atoms with van der Waals surface area (Å²) in [5, 5.41) is 18.8. The Labute approximate surface area is 223 Å². The molecule has 10 heteroatoms. The summed E-state index contributed by atoms with van der Waals surface area (Å²) >= 11 is 0. The number of hydrogen-bond acceptors (Lipinski definition) is 9. The highest BCUT2D eigenvalue weighted by Gasteiger charge is 2.18. The molecule has 0 saturated carbocycles. The van der Waals surface area contributed by atoms with Gasteiger partial charge in [0.15, 0.2) is 0 Å². The first-order valence-electron chi connectivity index (χ1n) is 12.5. The Bertz CT molecular complexity index is 1330. The van der Waals surface area contributed by atoms with Crippen LogP contribution in [0.15, 0.2) is 61.3 Å². The van der Waals surface area contributed by atoms with Gasteiger partial charge in [0, 0.05) is 38.4 Å². The van der Waals surface area contributed by atoms with Gasteiger partial charge >= 0.3 is 0 Å². The van der Waals surface area contributed by atoms with Crippen LogP contribution >= 0.6 is 0 Å². The number of nitriles is 1. The number of hydrogen-bond donors (Lipinski definition) is 3. The average Bonchev–Trinajstić information content (AvgIpc) is 2.97. The molecule has 0 aliphatic carbocycles. The minimum Gasteiger partial charge on any atom is -0.497 e. The van der Waals surface area contributed by atoms with Crippen LogP contribution in [0.1, 0.15) is 18.1 Å². The maximum absolute atomic E-state index is 12.2. The first kappa shape index (κ1) is 26.4. The van der Waals surface area contributed by atoms with Crippen molar-refractivity contribution in [3.8, 4) is 11.8 Å². The van der Waals surface area contributed by atoms with Crippen LogP contribution in [0.2, 0.25) is 0 Å². The van der Waals surface area contributed by atoms with Gasteiger partial charge in [-0.05, 0) is 48.5 Å². The summed E-state index contributed by atoms with van der Waals surface area (Å²) in [7, 11) is 1.62. The molecular weight excluding hydrogens is 480 g/mol.